The van der Waals surface area contributed by atoms with Crippen LogP contribution in [0.5, 0.6) is 0 Å². The molecule has 1 aromatic heterocycles. The van der Waals surface area contributed by atoms with Crippen molar-refractivity contribution >= 4 is 5.91 Å². The third-order valence-corrected chi connectivity index (χ3v) is 7.02. The first-order valence-corrected chi connectivity index (χ1v) is 10.7. The monoisotopic (exact) mass is 373 g/mol. The first kappa shape index (κ1) is 18.9. The van der Waals surface area contributed by atoms with Crippen molar-refractivity contribution < 1.29 is 4.79 Å². The van der Waals surface area contributed by atoms with Crippen molar-refractivity contribution in [2.45, 2.75) is 58.0 Å². The summed E-state index contributed by atoms with van der Waals surface area (Å²) in [4.78, 5) is 17.1. The van der Waals surface area contributed by atoms with E-state index in [1.54, 1.807) is 0 Å². The summed E-state index contributed by atoms with van der Waals surface area (Å²) in [5.74, 6) is 1.57. The summed E-state index contributed by atoms with van der Waals surface area (Å²) < 4.78 is 1.95. The van der Waals surface area contributed by atoms with Crippen molar-refractivity contribution in [3.8, 4) is 0 Å². The Labute approximate surface area is 163 Å². The van der Waals surface area contributed by atoms with E-state index in [0.717, 1.165) is 18.2 Å². The van der Waals surface area contributed by atoms with E-state index in [0.29, 0.717) is 18.4 Å². The molecule has 0 unspecified atom stereocenters. The molecule has 2 saturated heterocycles. The second-order valence-corrected chi connectivity index (χ2v) is 9.05. The highest BCUT2D eigenvalue weighted by molar-refractivity contribution is 5.79. The highest BCUT2D eigenvalue weighted by Gasteiger charge is 2.41. The molecule has 0 radical (unpaired) electrons. The Hall–Kier alpha value is -1.40. The molecule has 3 fully saturated rings. The molecule has 6 heteroatoms. The van der Waals surface area contributed by atoms with Crippen LogP contribution in [0, 0.1) is 25.7 Å². The van der Waals surface area contributed by atoms with Crippen molar-refractivity contribution in [1.29, 1.82) is 0 Å². The summed E-state index contributed by atoms with van der Waals surface area (Å²) in [5, 5.41) is 8.40. The average Bonchev–Trinajstić information content (AvgIpc) is 3.37. The lowest BCUT2D eigenvalue weighted by molar-refractivity contribution is -0.127. The summed E-state index contributed by atoms with van der Waals surface area (Å²) in [6, 6.07) is 0.742. The molecule has 2 atom stereocenters. The third-order valence-electron chi connectivity index (χ3n) is 7.02. The Kier molecular flexibility index (Phi) is 5.30. The predicted octanol–water partition coefficient (Wildman–Crippen LogP) is 2.02. The molecule has 1 aliphatic carbocycles. The quantitative estimate of drug-likeness (QED) is 0.829. The van der Waals surface area contributed by atoms with Crippen molar-refractivity contribution in [1.82, 2.24) is 24.9 Å². The number of likely N-dealkylation sites (tertiary alicyclic amines) is 2. The van der Waals surface area contributed by atoms with E-state index in [9.17, 15) is 4.79 Å². The minimum Gasteiger partial charge on any atom is -0.338 e. The van der Waals surface area contributed by atoms with Gasteiger partial charge in [0, 0.05) is 56.8 Å². The largest absolute Gasteiger partial charge is 0.338 e. The predicted molar refractivity (Wildman–Crippen MR) is 106 cm³/mol. The van der Waals surface area contributed by atoms with Gasteiger partial charge in [0.2, 0.25) is 5.91 Å². The molecule has 1 saturated carbocycles. The fourth-order valence-electron chi connectivity index (χ4n) is 5.09. The van der Waals surface area contributed by atoms with E-state index >= 15 is 0 Å². The first-order valence-electron chi connectivity index (χ1n) is 10.7. The average molecular weight is 374 g/mol. The van der Waals surface area contributed by atoms with Gasteiger partial charge in [0.15, 0.2) is 0 Å². The van der Waals surface area contributed by atoms with Crippen LogP contribution in [0.15, 0.2) is 0 Å². The van der Waals surface area contributed by atoms with Gasteiger partial charge in [-0.25, -0.2) is 0 Å². The molecule has 150 valence electrons. The number of rotatable bonds is 6. The molecule has 0 aromatic carbocycles. The molecule has 1 aromatic rings. The van der Waals surface area contributed by atoms with Crippen molar-refractivity contribution in [2.24, 2.45) is 18.9 Å². The first-order chi connectivity index (χ1) is 12.9. The molecular formula is C21H35N5O. The van der Waals surface area contributed by atoms with Crippen LogP contribution < -0.4 is 5.32 Å². The summed E-state index contributed by atoms with van der Waals surface area (Å²) in [7, 11) is 3.94. The number of piperidine rings is 1. The molecule has 3 heterocycles. The molecule has 1 N–H and O–H groups in total. The zero-order chi connectivity index (χ0) is 19.1. The number of carbonyl (C=O) groups excluding carboxylic acids is 1. The normalized spacial score (nSPS) is 27.7. The summed E-state index contributed by atoms with van der Waals surface area (Å²) in [6.45, 7) is 8.87. The Morgan fingerprint density at radius 3 is 2.41 bits per heavy atom. The van der Waals surface area contributed by atoms with Gasteiger partial charge in [-0.3, -0.25) is 9.48 Å². The molecule has 3 aliphatic rings. The molecule has 4 rings (SSSR count). The van der Waals surface area contributed by atoms with Crippen molar-refractivity contribution in [3.05, 3.63) is 17.0 Å². The minimum absolute atomic E-state index is 0.147. The topological polar surface area (TPSA) is 53.4 Å². The van der Waals surface area contributed by atoms with Gasteiger partial charge in [-0.15, -0.1) is 0 Å². The number of carbonyl (C=O) groups is 1. The maximum absolute atomic E-state index is 12.5. The summed E-state index contributed by atoms with van der Waals surface area (Å²) in [5.41, 5.74) is 3.48. The number of amides is 1. The lowest BCUT2D eigenvalue weighted by Crippen LogP contribution is -2.44. The van der Waals surface area contributed by atoms with E-state index in [1.807, 2.05) is 23.7 Å². The highest BCUT2D eigenvalue weighted by Crippen LogP contribution is 2.39. The Balaban J connectivity index is 1.36. The molecule has 6 nitrogen and oxygen atoms in total. The number of aromatic nitrogens is 2. The van der Waals surface area contributed by atoms with Crippen LogP contribution in [0.4, 0.5) is 0 Å². The van der Waals surface area contributed by atoms with Gasteiger partial charge >= 0.3 is 0 Å². The zero-order valence-corrected chi connectivity index (χ0v) is 17.4. The van der Waals surface area contributed by atoms with E-state index in [2.05, 4.69) is 29.2 Å². The van der Waals surface area contributed by atoms with E-state index in [-0.39, 0.29) is 11.9 Å². The minimum atomic E-state index is 0.147. The number of aryl methyl sites for hydroxylation is 2. The number of nitrogens with one attached hydrogen (secondary N) is 1. The van der Waals surface area contributed by atoms with E-state index in [4.69, 9.17) is 0 Å². The molecular weight excluding hydrogens is 338 g/mol. The molecule has 0 spiro atoms. The third kappa shape index (κ3) is 3.92. The van der Waals surface area contributed by atoms with E-state index in [1.165, 1.54) is 56.6 Å². The fraction of sp³-hybridized carbons (Fsp3) is 0.810. The van der Waals surface area contributed by atoms with Gasteiger partial charge < -0.3 is 15.1 Å². The lowest BCUT2D eigenvalue weighted by Gasteiger charge is -2.34. The van der Waals surface area contributed by atoms with Gasteiger partial charge in [0.1, 0.15) is 0 Å². The van der Waals surface area contributed by atoms with E-state index < -0.39 is 0 Å². The molecule has 0 bridgehead atoms. The highest BCUT2D eigenvalue weighted by atomic mass is 16.2. The Morgan fingerprint density at radius 1 is 1.11 bits per heavy atom. The van der Waals surface area contributed by atoms with Crippen LogP contribution >= 0.6 is 0 Å². The Bertz CT molecular complexity index is 687. The van der Waals surface area contributed by atoms with Crippen molar-refractivity contribution in [2.75, 3.05) is 33.2 Å². The summed E-state index contributed by atoms with van der Waals surface area (Å²) in [6.07, 6.45) is 5.99. The lowest BCUT2D eigenvalue weighted by atomic mass is 9.91. The standard InChI is InChI=1S/C21H35N5O/c1-14-20(15(2)25(4)23-14)21-17(11-19(27)24(21)3)12-22-18-7-9-26(10-8-18)13-16-5-6-16/h16-18,21-22H,5-13H2,1-4H3/t17-,21+/m0/s1. The van der Waals surface area contributed by atoms with Crippen LogP contribution in [0.2, 0.25) is 0 Å². The van der Waals surface area contributed by atoms with Gasteiger partial charge in [-0.2, -0.15) is 5.10 Å². The van der Waals surface area contributed by atoms with Crippen molar-refractivity contribution in [3.63, 3.8) is 0 Å². The summed E-state index contributed by atoms with van der Waals surface area (Å²) >= 11 is 0. The van der Waals surface area contributed by atoms with Crippen LogP contribution in [-0.2, 0) is 11.8 Å². The number of hydrogen-bond donors (Lipinski definition) is 1. The van der Waals surface area contributed by atoms with Crippen LogP contribution in [-0.4, -0.2) is 64.8 Å². The molecule has 1 amide bonds. The molecule has 2 aliphatic heterocycles. The van der Waals surface area contributed by atoms with Crippen LogP contribution in [0.3, 0.4) is 0 Å². The smallest absolute Gasteiger partial charge is 0.223 e. The van der Waals surface area contributed by atoms with Gasteiger partial charge in [-0.1, -0.05) is 0 Å². The van der Waals surface area contributed by atoms with Crippen LogP contribution in [0.25, 0.3) is 0 Å². The fourth-order valence-corrected chi connectivity index (χ4v) is 5.09. The second-order valence-electron chi connectivity index (χ2n) is 9.05. The van der Waals surface area contributed by atoms with Crippen LogP contribution in [0.1, 0.15) is 55.1 Å². The Morgan fingerprint density at radius 2 is 1.81 bits per heavy atom. The molecule has 27 heavy (non-hydrogen) atoms. The van der Waals surface area contributed by atoms with Gasteiger partial charge in [0.05, 0.1) is 11.7 Å². The number of nitrogens with zero attached hydrogens (tertiary/aromatic N) is 4. The maximum Gasteiger partial charge on any atom is 0.223 e. The maximum atomic E-state index is 12.5. The second kappa shape index (κ2) is 7.55. The number of hydrogen-bond acceptors (Lipinski definition) is 4. The zero-order valence-electron chi connectivity index (χ0n) is 17.4. The SMILES string of the molecule is Cc1nn(C)c(C)c1[C@H]1[C@H](CNC2CCN(CC3CC3)CC2)CC(=O)N1C. The van der Waals surface area contributed by atoms with Gasteiger partial charge in [-0.05, 0) is 58.5 Å². The van der Waals surface area contributed by atoms with Gasteiger partial charge in [0.25, 0.3) is 0 Å².